The van der Waals surface area contributed by atoms with Crippen LogP contribution in [0.3, 0.4) is 0 Å². The van der Waals surface area contributed by atoms with Gasteiger partial charge in [0.2, 0.25) is 0 Å². The highest BCUT2D eigenvalue weighted by Gasteiger charge is 2.17. The zero-order valence-corrected chi connectivity index (χ0v) is 11.3. The molecule has 0 bridgehead atoms. The Kier molecular flexibility index (Phi) is 4.82. The molecule has 17 heavy (non-hydrogen) atoms. The van der Waals surface area contributed by atoms with Gasteiger partial charge in [-0.15, -0.1) is 0 Å². The van der Waals surface area contributed by atoms with Gasteiger partial charge < -0.3 is 15.8 Å². The first kappa shape index (κ1) is 13.8. The van der Waals surface area contributed by atoms with Crippen LogP contribution in [-0.2, 0) is 4.74 Å². The van der Waals surface area contributed by atoms with Gasteiger partial charge in [0.15, 0.2) is 0 Å². The number of anilines is 2. The normalized spacial score (nSPS) is 11.5. The van der Waals surface area contributed by atoms with E-state index in [2.05, 4.69) is 32.2 Å². The molecular weight excluding hydrogens is 212 g/mol. The molecule has 0 atom stereocenters. The van der Waals surface area contributed by atoms with Crippen LogP contribution < -0.4 is 11.1 Å². The molecule has 0 heterocycles. The van der Waals surface area contributed by atoms with Crippen LogP contribution in [0.5, 0.6) is 0 Å². The average Bonchev–Trinajstić information content (AvgIpc) is 2.23. The Morgan fingerprint density at radius 1 is 1.29 bits per heavy atom. The maximum absolute atomic E-state index is 5.82. The Bertz CT molecular complexity index is 341. The molecule has 3 heteroatoms. The lowest BCUT2D eigenvalue weighted by atomic mass is 9.89. The lowest BCUT2D eigenvalue weighted by Gasteiger charge is -2.25. The number of hydrogen-bond acceptors (Lipinski definition) is 3. The summed E-state index contributed by atoms with van der Waals surface area (Å²) in [6.45, 7) is 8.23. The second-order valence-electron chi connectivity index (χ2n) is 5.39. The van der Waals surface area contributed by atoms with E-state index in [4.69, 9.17) is 10.5 Å². The number of nitrogen functional groups attached to an aromatic ring is 1. The van der Waals surface area contributed by atoms with Crippen LogP contribution in [0.2, 0.25) is 0 Å². The molecule has 0 aliphatic heterocycles. The number of aryl methyl sites for hydroxylation is 1. The van der Waals surface area contributed by atoms with Crippen molar-refractivity contribution in [3.8, 4) is 0 Å². The van der Waals surface area contributed by atoms with Gasteiger partial charge in [0.1, 0.15) is 0 Å². The summed E-state index contributed by atoms with van der Waals surface area (Å²) in [6, 6.07) is 6.06. The Labute approximate surface area is 104 Å². The van der Waals surface area contributed by atoms with Gasteiger partial charge in [-0.05, 0) is 42.5 Å². The Hall–Kier alpha value is -1.22. The molecule has 0 aliphatic carbocycles. The summed E-state index contributed by atoms with van der Waals surface area (Å²) in [7, 11) is 1.74. The van der Waals surface area contributed by atoms with Gasteiger partial charge in [-0.2, -0.15) is 0 Å². The van der Waals surface area contributed by atoms with Crippen molar-refractivity contribution in [1.29, 1.82) is 0 Å². The van der Waals surface area contributed by atoms with Crippen molar-refractivity contribution in [1.82, 2.24) is 0 Å². The van der Waals surface area contributed by atoms with Crippen molar-refractivity contribution in [3.05, 3.63) is 23.8 Å². The third-order valence-corrected chi connectivity index (χ3v) is 2.85. The summed E-state index contributed by atoms with van der Waals surface area (Å²) in [4.78, 5) is 0. The molecule has 1 aromatic rings. The summed E-state index contributed by atoms with van der Waals surface area (Å²) >= 11 is 0. The molecule has 96 valence electrons. The van der Waals surface area contributed by atoms with Crippen LogP contribution in [0, 0.1) is 12.3 Å². The van der Waals surface area contributed by atoms with Crippen molar-refractivity contribution < 1.29 is 4.74 Å². The third kappa shape index (κ3) is 5.09. The number of nitrogens with two attached hydrogens (primary N) is 1. The molecular formula is C14H24N2O. The maximum Gasteiger partial charge on any atom is 0.0468 e. The van der Waals surface area contributed by atoms with Crippen molar-refractivity contribution in [2.24, 2.45) is 5.41 Å². The molecule has 0 amide bonds. The molecule has 3 N–H and O–H groups in total. The summed E-state index contributed by atoms with van der Waals surface area (Å²) in [5.74, 6) is 0. The first-order chi connectivity index (χ1) is 7.93. The van der Waals surface area contributed by atoms with Crippen molar-refractivity contribution >= 4 is 11.4 Å². The molecule has 0 fully saturated rings. The average molecular weight is 236 g/mol. The molecule has 0 saturated carbocycles. The standard InChI is InChI=1S/C14H24N2O/c1-11-7-12(15)9-13(8-11)16-10-14(2,3)5-6-17-4/h7-9,16H,5-6,10,15H2,1-4H3. The van der Waals surface area contributed by atoms with E-state index in [-0.39, 0.29) is 5.41 Å². The number of ether oxygens (including phenoxy) is 1. The van der Waals surface area contributed by atoms with Crippen LogP contribution in [0.1, 0.15) is 25.8 Å². The minimum atomic E-state index is 0.217. The second-order valence-corrected chi connectivity index (χ2v) is 5.39. The fourth-order valence-electron chi connectivity index (χ4n) is 1.72. The van der Waals surface area contributed by atoms with E-state index in [1.807, 2.05) is 12.1 Å². The van der Waals surface area contributed by atoms with E-state index < -0.39 is 0 Å². The van der Waals surface area contributed by atoms with Crippen molar-refractivity contribution in [3.63, 3.8) is 0 Å². The largest absolute Gasteiger partial charge is 0.399 e. The Morgan fingerprint density at radius 2 is 2.00 bits per heavy atom. The fourth-order valence-corrected chi connectivity index (χ4v) is 1.72. The third-order valence-electron chi connectivity index (χ3n) is 2.85. The second kappa shape index (κ2) is 5.92. The summed E-state index contributed by atoms with van der Waals surface area (Å²) < 4.78 is 5.12. The predicted octanol–water partition coefficient (Wildman–Crippen LogP) is 3.05. The summed E-state index contributed by atoms with van der Waals surface area (Å²) in [6.07, 6.45) is 1.04. The highest BCUT2D eigenvalue weighted by molar-refractivity contribution is 5.56. The quantitative estimate of drug-likeness (QED) is 0.746. The zero-order chi connectivity index (χ0) is 12.9. The number of hydrogen-bond donors (Lipinski definition) is 2. The molecule has 1 aromatic carbocycles. The van der Waals surface area contributed by atoms with Crippen LogP contribution in [0.15, 0.2) is 18.2 Å². The lowest BCUT2D eigenvalue weighted by Crippen LogP contribution is -2.24. The molecule has 0 aliphatic rings. The highest BCUT2D eigenvalue weighted by Crippen LogP contribution is 2.22. The minimum absolute atomic E-state index is 0.217. The number of benzene rings is 1. The number of rotatable bonds is 6. The van der Waals surface area contributed by atoms with Gasteiger partial charge in [-0.1, -0.05) is 13.8 Å². The topological polar surface area (TPSA) is 47.3 Å². The fraction of sp³-hybridized carbons (Fsp3) is 0.571. The molecule has 0 radical (unpaired) electrons. The Morgan fingerprint density at radius 3 is 2.59 bits per heavy atom. The monoisotopic (exact) mass is 236 g/mol. The lowest BCUT2D eigenvalue weighted by molar-refractivity contribution is 0.157. The molecule has 1 rings (SSSR count). The van der Waals surface area contributed by atoms with E-state index in [0.29, 0.717) is 0 Å². The van der Waals surface area contributed by atoms with Gasteiger partial charge in [0, 0.05) is 31.6 Å². The van der Waals surface area contributed by atoms with Gasteiger partial charge in [-0.25, -0.2) is 0 Å². The highest BCUT2D eigenvalue weighted by atomic mass is 16.5. The van der Waals surface area contributed by atoms with Crippen LogP contribution in [0.4, 0.5) is 11.4 Å². The van der Waals surface area contributed by atoms with Gasteiger partial charge >= 0.3 is 0 Å². The van der Waals surface area contributed by atoms with Gasteiger partial charge in [-0.3, -0.25) is 0 Å². The number of methoxy groups -OCH3 is 1. The van der Waals surface area contributed by atoms with Crippen molar-refractivity contribution in [2.45, 2.75) is 27.2 Å². The van der Waals surface area contributed by atoms with E-state index in [0.717, 1.165) is 30.9 Å². The van der Waals surface area contributed by atoms with E-state index in [1.165, 1.54) is 5.56 Å². The van der Waals surface area contributed by atoms with Gasteiger partial charge in [0.25, 0.3) is 0 Å². The van der Waals surface area contributed by atoms with E-state index >= 15 is 0 Å². The zero-order valence-electron chi connectivity index (χ0n) is 11.3. The van der Waals surface area contributed by atoms with Crippen LogP contribution in [-0.4, -0.2) is 20.3 Å². The summed E-state index contributed by atoms with van der Waals surface area (Å²) in [5.41, 5.74) is 9.12. The SMILES string of the molecule is COCCC(C)(C)CNc1cc(C)cc(N)c1. The van der Waals surface area contributed by atoms with Crippen molar-refractivity contribution in [2.75, 3.05) is 31.3 Å². The maximum atomic E-state index is 5.82. The van der Waals surface area contributed by atoms with E-state index in [1.54, 1.807) is 7.11 Å². The predicted molar refractivity (Wildman–Crippen MR) is 74.4 cm³/mol. The van der Waals surface area contributed by atoms with Crippen LogP contribution >= 0.6 is 0 Å². The first-order valence-electron chi connectivity index (χ1n) is 6.03. The Balaban J connectivity index is 2.54. The van der Waals surface area contributed by atoms with E-state index in [9.17, 15) is 0 Å². The van der Waals surface area contributed by atoms with Gasteiger partial charge in [0.05, 0.1) is 0 Å². The summed E-state index contributed by atoms with van der Waals surface area (Å²) in [5, 5.41) is 3.44. The molecule has 0 spiro atoms. The molecule has 0 unspecified atom stereocenters. The molecule has 0 aromatic heterocycles. The molecule has 0 saturated heterocycles. The van der Waals surface area contributed by atoms with Crippen LogP contribution in [0.25, 0.3) is 0 Å². The number of nitrogens with one attached hydrogen (secondary N) is 1. The minimum Gasteiger partial charge on any atom is -0.399 e. The first-order valence-corrected chi connectivity index (χ1v) is 6.03. The molecule has 3 nitrogen and oxygen atoms in total. The smallest absolute Gasteiger partial charge is 0.0468 e.